The molecule has 0 saturated carbocycles. The van der Waals surface area contributed by atoms with Crippen LogP contribution >= 0.6 is 0 Å². The molecule has 0 amide bonds. The molecule has 0 aliphatic carbocycles. The van der Waals surface area contributed by atoms with E-state index in [-0.39, 0.29) is 0 Å². The third kappa shape index (κ3) is 6.29. The Labute approximate surface area is 93.5 Å². The highest BCUT2D eigenvalue weighted by molar-refractivity contribution is 5.13. The lowest BCUT2D eigenvalue weighted by atomic mass is 10.1. The lowest BCUT2D eigenvalue weighted by Crippen LogP contribution is -1.97. The van der Waals surface area contributed by atoms with Gasteiger partial charge >= 0.3 is 0 Å². The summed E-state index contributed by atoms with van der Waals surface area (Å²) in [4.78, 5) is 0. The number of hydrogen-bond acceptors (Lipinski definition) is 1. The van der Waals surface area contributed by atoms with Gasteiger partial charge in [0.2, 0.25) is 0 Å². The molecule has 1 aromatic carbocycles. The largest absolute Gasteiger partial charge is 0.381 e. The van der Waals surface area contributed by atoms with Gasteiger partial charge in [-0.3, -0.25) is 0 Å². The van der Waals surface area contributed by atoms with Crippen molar-refractivity contribution in [2.75, 3.05) is 13.2 Å². The number of ether oxygens (including phenoxy) is 1. The molecule has 0 saturated heterocycles. The summed E-state index contributed by atoms with van der Waals surface area (Å²) in [5, 5.41) is 0. The van der Waals surface area contributed by atoms with Crippen molar-refractivity contribution in [3.8, 4) is 0 Å². The lowest BCUT2D eigenvalue weighted by molar-refractivity contribution is 0.127. The number of benzene rings is 1. The van der Waals surface area contributed by atoms with E-state index in [1.165, 1.54) is 31.2 Å². The standard InChI is InChI=1S/C14H21O/c1-2-3-12-15-13-8-7-11-14-9-5-4-6-10-14/h5-6,9-10H,2-3,7-8,11-13H2,1H3. The van der Waals surface area contributed by atoms with Gasteiger partial charge < -0.3 is 4.74 Å². The van der Waals surface area contributed by atoms with E-state index in [0.29, 0.717) is 0 Å². The monoisotopic (exact) mass is 205 g/mol. The molecule has 1 rings (SSSR count). The Kier molecular flexibility index (Phi) is 6.93. The molecule has 0 atom stereocenters. The first-order valence-electron chi connectivity index (χ1n) is 5.96. The summed E-state index contributed by atoms with van der Waals surface area (Å²) in [6.07, 6.45) is 5.96. The second-order valence-electron chi connectivity index (χ2n) is 3.83. The van der Waals surface area contributed by atoms with Crippen LogP contribution in [0, 0.1) is 6.07 Å². The minimum Gasteiger partial charge on any atom is -0.381 e. The molecule has 0 heterocycles. The van der Waals surface area contributed by atoms with E-state index in [1.807, 2.05) is 12.1 Å². The SMILES string of the molecule is CCCCOCCCCc1cc[c]cc1. The van der Waals surface area contributed by atoms with Crippen LogP contribution in [0.5, 0.6) is 0 Å². The van der Waals surface area contributed by atoms with Crippen LogP contribution in [0.1, 0.15) is 38.2 Å². The van der Waals surface area contributed by atoms with Crippen LogP contribution in [0.15, 0.2) is 24.3 Å². The molecule has 1 radical (unpaired) electrons. The van der Waals surface area contributed by atoms with E-state index in [2.05, 4.69) is 25.1 Å². The molecule has 0 unspecified atom stereocenters. The summed E-state index contributed by atoms with van der Waals surface area (Å²) < 4.78 is 5.51. The maximum atomic E-state index is 5.51. The van der Waals surface area contributed by atoms with Gasteiger partial charge in [0.05, 0.1) is 0 Å². The quantitative estimate of drug-likeness (QED) is 0.589. The summed E-state index contributed by atoms with van der Waals surface area (Å²) >= 11 is 0. The molecule has 15 heavy (non-hydrogen) atoms. The maximum Gasteiger partial charge on any atom is 0.0466 e. The summed E-state index contributed by atoms with van der Waals surface area (Å²) in [5.74, 6) is 0. The fourth-order valence-corrected chi connectivity index (χ4v) is 1.47. The Morgan fingerprint density at radius 1 is 1.07 bits per heavy atom. The first-order valence-corrected chi connectivity index (χ1v) is 5.96. The number of aryl methyl sites for hydroxylation is 1. The van der Waals surface area contributed by atoms with Crippen molar-refractivity contribution in [1.82, 2.24) is 0 Å². The van der Waals surface area contributed by atoms with Crippen molar-refractivity contribution in [2.24, 2.45) is 0 Å². The average Bonchev–Trinajstić information content (AvgIpc) is 2.29. The fraction of sp³-hybridized carbons (Fsp3) is 0.571. The van der Waals surface area contributed by atoms with Crippen LogP contribution in [0.2, 0.25) is 0 Å². The lowest BCUT2D eigenvalue weighted by Gasteiger charge is -2.03. The van der Waals surface area contributed by atoms with Gasteiger partial charge in [-0.25, -0.2) is 0 Å². The summed E-state index contributed by atoms with van der Waals surface area (Å²) in [5.41, 5.74) is 1.40. The van der Waals surface area contributed by atoms with Gasteiger partial charge in [0.15, 0.2) is 0 Å². The number of rotatable bonds is 8. The zero-order valence-electron chi connectivity index (χ0n) is 9.67. The Bertz CT molecular complexity index is 230. The normalized spacial score (nSPS) is 10.5. The van der Waals surface area contributed by atoms with Gasteiger partial charge in [-0.05, 0) is 37.3 Å². The highest BCUT2D eigenvalue weighted by atomic mass is 16.5. The van der Waals surface area contributed by atoms with Gasteiger partial charge in [-0.15, -0.1) is 0 Å². The molecule has 1 aromatic rings. The second kappa shape index (κ2) is 8.49. The molecule has 83 valence electrons. The van der Waals surface area contributed by atoms with E-state index in [1.54, 1.807) is 0 Å². The summed E-state index contributed by atoms with van der Waals surface area (Å²) in [6.45, 7) is 4.03. The molecule has 0 N–H and O–H groups in total. The van der Waals surface area contributed by atoms with Gasteiger partial charge in [-0.1, -0.05) is 37.6 Å². The van der Waals surface area contributed by atoms with Crippen molar-refractivity contribution >= 4 is 0 Å². The minimum absolute atomic E-state index is 0.916. The zero-order valence-corrected chi connectivity index (χ0v) is 9.67. The number of hydrogen-bond donors (Lipinski definition) is 0. The molecule has 1 heteroatoms. The summed E-state index contributed by atoms with van der Waals surface area (Å²) in [7, 11) is 0. The molecule has 0 spiro atoms. The van der Waals surface area contributed by atoms with Crippen LogP contribution in [0.25, 0.3) is 0 Å². The molecule has 0 bridgehead atoms. The van der Waals surface area contributed by atoms with Crippen molar-refractivity contribution in [1.29, 1.82) is 0 Å². The highest BCUT2D eigenvalue weighted by Gasteiger charge is 1.92. The third-order valence-corrected chi connectivity index (χ3v) is 2.43. The second-order valence-corrected chi connectivity index (χ2v) is 3.83. The number of unbranched alkanes of at least 4 members (excludes halogenated alkanes) is 2. The van der Waals surface area contributed by atoms with Crippen LogP contribution < -0.4 is 0 Å². The van der Waals surface area contributed by atoms with Gasteiger partial charge in [0, 0.05) is 13.2 Å². The highest BCUT2D eigenvalue weighted by Crippen LogP contribution is 2.04. The van der Waals surface area contributed by atoms with Crippen molar-refractivity contribution in [2.45, 2.75) is 39.0 Å². The van der Waals surface area contributed by atoms with Crippen LogP contribution in [0.3, 0.4) is 0 Å². The molecular formula is C14H21O. The Hall–Kier alpha value is -0.820. The minimum atomic E-state index is 0.916. The van der Waals surface area contributed by atoms with Gasteiger partial charge in [-0.2, -0.15) is 0 Å². The van der Waals surface area contributed by atoms with E-state index >= 15 is 0 Å². The fourth-order valence-electron chi connectivity index (χ4n) is 1.47. The van der Waals surface area contributed by atoms with Crippen LogP contribution in [-0.4, -0.2) is 13.2 Å². The van der Waals surface area contributed by atoms with E-state index in [0.717, 1.165) is 19.6 Å². The van der Waals surface area contributed by atoms with Crippen LogP contribution in [-0.2, 0) is 11.2 Å². The van der Waals surface area contributed by atoms with Crippen LogP contribution in [0.4, 0.5) is 0 Å². The average molecular weight is 205 g/mol. The summed E-state index contributed by atoms with van der Waals surface area (Å²) in [6, 6.07) is 11.3. The first kappa shape index (κ1) is 12.3. The van der Waals surface area contributed by atoms with E-state index in [4.69, 9.17) is 4.74 Å². The van der Waals surface area contributed by atoms with Crippen molar-refractivity contribution in [3.05, 3.63) is 35.9 Å². The molecule has 1 nitrogen and oxygen atoms in total. The van der Waals surface area contributed by atoms with Gasteiger partial charge in [0.1, 0.15) is 0 Å². The molecule has 0 aliphatic heterocycles. The topological polar surface area (TPSA) is 9.23 Å². The smallest absolute Gasteiger partial charge is 0.0466 e. The Morgan fingerprint density at radius 3 is 2.53 bits per heavy atom. The molecule has 0 aliphatic rings. The first-order chi connectivity index (χ1) is 7.43. The van der Waals surface area contributed by atoms with Gasteiger partial charge in [0.25, 0.3) is 0 Å². The molecular weight excluding hydrogens is 184 g/mol. The predicted molar refractivity (Wildman–Crippen MR) is 63.9 cm³/mol. The predicted octanol–water partition coefficient (Wildman–Crippen LogP) is 3.63. The van der Waals surface area contributed by atoms with Crippen molar-refractivity contribution in [3.63, 3.8) is 0 Å². The zero-order chi connectivity index (χ0) is 10.8. The maximum absolute atomic E-state index is 5.51. The van der Waals surface area contributed by atoms with Crippen molar-refractivity contribution < 1.29 is 4.74 Å². The third-order valence-electron chi connectivity index (χ3n) is 2.43. The van der Waals surface area contributed by atoms with E-state index in [9.17, 15) is 0 Å². The molecule has 0 aromatic heterocycles. The van der Waals surface area contributed by atoms with E-state index < -0.39 is 0 Å². The Morgan fingerprint density at radius 2 is 1.80 bits per heavy atom. The Balaban J connectivity index is 1.93. The molecule has 0 fully saturated rings.